The van der Waals surface area contributed by atoms with E-state index in [0.29, 0.717) is 22.8 Å². The maximum absolute atomic E-state index is 14.3. The van der Waals surface area contributed by atoms with Crippen molar-refractivity contribution in [1.29, 1.82) is 0 Å². The molecule has 2 heterocycles. The molecule has 3 aromatic carbocycles. The van der Waals surface area contributed by atoms with Gasteiger partial charge in [-0.3, -0.25) is 9.59 Å². The van der Waals surface area contributed by atoms with Crippen LogP contribution in [0.4, 0.5) is 4.79 Å². The van der Waals surface area contributed by atoms with Crippen LogP contribution in [0.1, 0.15) is 16.7 Å². The van der Waals surface area contributed by atoms with Crippen LogP contribution < -0.4 is 19.5 Å². The van der Waals surface area contributed by atoms with Crippen molar-refractivity contribution in [3.05, 3.63) is 96.1 Å². The summed E-state index contributed by atoms with van der Waals surface area (Å²) in [5, 5.41) is 16.0. The summed E-state index contributed by atoms with van der Waals surface area (Å²) >= 11 is 0. The van der Waals surface area contributed by atoms with Gasteiger partial charge in [0.1, 0.15) is 18.0 Å². The van der Waals surface area contributed by atoms with E-state index >= 15 is 0 Å². The van der Waals surface area contributed by atoms with E-state index in [2.05, 4.69) is 11.9 Å². The van der Waals surface area contributed by atoms with Crippen molar-refractivity contribution < 1.29 is 33.7 Å². The van der Waals surface area contributed by atoms with E-state index in [1.54, 1.807) is 52.4 Å². The van der Waals surface area contributed by atoms with E-state index in [-0.39, 0.29) is 56.7 Å². The third-order valence-corrected chi connectivity index (χ3v) is 8.18. The number of phenolic OH excluding ortho intramolecular Hbond substituents is 1. The number of nitrogens with one attached hydrogen (secondary N) is 1. The molecule has 0 aliphatic carbocycles. The number of benzene rings is 3. The molecule has 2 N–H and O–H groups in total. The van der Waals surface area contributed by atoms with Gasteiger partial charge in [0.15, 0.2) is 11.5 Å². The number of rotatable bonds is 11. The number of nitrogens with zero attached hydrogens (tertiary/aromatic N) is 4. The van der Waals surface area contributed by atoms with Gasteiger partial charge in [-0.05, 0) is 35.4 Å². The van der Waals surface area contributed by atoms with Gasteiger partial charge in [0, 0.05) is 31.6 Å². The molecule has 5 rings (SSSR count). The fourth-order valence-electron chi connectivity index (χ4n) is 6.05. The van der Waals surface area contributed by atoms with Crippen molar-refractivity contribution in [2.24, 2.45) is 0 Å². The second-order valence-electron chi connectivity index (χ2n) is 11.0. The molecule has 12 nitrogen and oxygen atoms in total. The number of piperazine rings is 1. The van der Waals surface area contributed by atoms with E-state index in [1.165, 1.54) is 31.2 Å². The highest BCUT2D eigenvalue weighted by Gasteiger charge is 2.51. The van der Waals surface area contributed by atoms with Crippen molar-refractivity contribution >= 4 is 17.8 Å². The molecule has 0 aromatic heterocycles. The van der Waals surface area contributed by atoms with Gasteiger partial charge in [-0.1, -0.05) is 48.5 Å². The Hall–Kier alpha value is -5.23. The molecule has 0 saturated carbocycles. The number of phenols is 1. The van der Waals surface area contributed by atoms with Gasteiger partial charge in [0.05, 0.1) is 34.4 Å². The number of hydrazine groups is 1. The minimum atomic E-state index is -0.919. The molecule has 0 bridgehead atoms. The SMILES string of the molecule is C=CCN1CC(=O)N2[C@@H](Cc3ccc(O)cc3)C(=O)N(Cc3ccc(OC)c(OC)c3OC)C[C@@H]2N1C(=O)NCc1ccccc1. The molecule has 2 saturated heterocycles. The van der Waals surface area contributed by atoms with Crippen LogP contribution in [0.5, 0.6) is 23.0 Å². The molecule has 3 aromatic rings. The Bertz CT molecular complexity index is 1570. The van der Waals surface area contributed by atoms with E-state index < -0.39 is 18.2 Å². The molecule has 2 atom stereocenters. The Morgan fingerprint density at radius 2 is 1.67 bits per heavy atom. The standard InChI is InChI=1S/C34H39N5O7/c1-5-17-37-22-30(41)38-27(18-23-11-14-26(40)15-12-23)33(42)36(20-25-13-16-28(44-2)32(46-4)31(25)45-3)21-29(38)39(37)34(43)35-19-24-9-7-6-8-10-24/h5-16,27,29,40H,1,17-22H2,2-4H3,(H,35,43)/t27-,29-/m0/s1. The second kappa shape index (κ2) is 14.2. The van der Waals surface area contributed by atoms with Gasteiger partial charge in [-0.25, -0.2) is 14.8 Å². The van der Waals surface area contributed by atoms with Gasteiger partial charge in [-0.15, -0.1) is 6.58 Å². The fourth-order valence-corrected chi connectivity index (χ4v) is 6.05. The van der Waals surface area contributed by atoms with Crippen LogP contribution in [0.2, 0.25) is 0 Å². The maximum atomic E-state index is 14.3. The van der Waals surface area contributed by atoms with Gasteiger partial charge >= 0.3 is 6.03 Å². The summed E-state index contributed by atoms with van der Waals surface area (Å²) < 4.78 is 16.7. The molecule has 4 amide bonds. The third-order valence-electron chi connectivity index (χ3n) is 8.18. The van der Waals surface area contributed by atoms with Crippen molar-refractivity contribution in [1.82, 2.24) is 25.1 Å². The summed E-state index contributed by atoms with van der Waals surface area (Å²) in [6.45, 7) is 4.41. The number of carbonyl (C=O) groups is 3. The summed E-state index contributed by atoms with van der Waals surface area (Å²) in [6.07, 6.45) is 0.999. The van der Waals surface area contributed by atoms with Gasteiger partial charge in [0.25, 0.3) is 0 Å². The highest BCUT2D eigenvalue weighted by atomic mass is 16.5. The molecule has 2 fully saturated rings. The predicted molar refractivity (Wildman–Crippen MR) is 170 cm³/mol. The van der Waals surface area contributed by atoms with E-state index in [1.807, 2.05) is 30.3 Å². The zero-order valence-corrected chi connectivity index (χ0v) is 26.2. The van der Waals surface area contributed by atoms with Crippen molar-refractivity contribution in [2.45, 2.75) is 31.7 Å². The number of aromatic hydroxyl groups is 1. The summed E-state index contributed by atoms with van der Waals surface area (Å²) in [5.41, 5.74) is 2.33. The number of hydrogen-bond acceptors (Lipinski definition) is 8. The van der Waals surface area contributed by atoms with Crippen molar-refractivity contribution in [3.8, 4) is 23.0 Å². The van der Waals surface area contributed by atoms with Gasteiger partial charge in [-0.2, -0.15) is 0 Å². The average molecular weight is 630 g/mol. The molecular formula is C34H39N5O7. The fraction of sp³-hybridized carbons (Fsp3) is 0.324. The van der Waals surface area contributed by atoms with Crippen LogP contribution >= 0.6 is 0 Å². The molecule has 242 valence electrons. The van der Waals surface area contributed by atoms with E-state index in [9.17, 15) is 19.5 Å². The average Bonchev–Trinajstić information content (AvgIpc) is 3.06. The van der Waals surface area contributed by atoms with Crippen molar-refractivity contribution in [2.75, 3.05) is 41.0 Å². The Balaban J connectivity index is 1.54. The maximum Gasteiger partial charge on any atom is 0.334 e. The second-order valence-corrected chi connectivity index (χ2v) is 11.0. The van der Waals surface area contributed by atoms with Crippen LogP contribution in [0.3, 0.4) is 0 Å². The topological polar surface area (TPSA) is 124 Å². The number of fused-ring (bicyclic) bond motifs is 1. The largest absolute Gasteiger partial charge is 0.508 e. The molecule has 0 radical (unpaired) electrons. The van der Waals surface area contributed by atoms with Crippen LogP contribution in [0, 0.1) is 0 Å². The first-order valence-corrected chi connectivity index (χ1v) is 14.9. The molecule has 12 heteroatoms. The minimum absolute atomic E-state index is 0.0422. The number of ether oxygens (including phenoxy) is 3. The predicted octanol–water partition coefficient (Wildman–Crippen LogP) is 3.15. The molecule has 2 aliphatic rings. The summed E-state index contributed by atoms with van der Waals surface area (Å²) in [4.78, 5) is 45.2. The lowest BCUT2D eigenvalue weighted by atomic mass is 9.98. The molecule has 2 aliphatic heterocycles. The molecular weight excluding hydrogens is 590 g/mol. The lowest BCUT2D eigenvalue weighted by Crippen LogP contribution is -2.76. The van der Waals surface area contributed by atoms with Crippen LogP contribution in [-0.2, 0) is 29.1 Å². The highest BCUT2D eigenvalue weighted by Crippen LogP contribution is 2.41. The number of hydrogen-bond donors (Lipinski definition) is 2. The quantitative estimate of drug-likeness (QED) is 0.310. The van der Waals surface area contributed by atoms with E-state index in [0.717, 1.165) is 11.1 Å². The Morgan fingerprint density at radius 1 is 0.957 bits per heavy atom. The minimum Gasteiger partial charge on any atom is -0.508 e. The first-order valence-electron chi connectivity index (χ1n) is 14.9. The number of carbonyl (C=O) groups excluding carboxylic acids is 3. The molecule has 0 unspecified atom stereocenters. The smallest absolute Gasteiger partial charge is 0.334 e. The van der Waals surface area contributed by atoms with Crippen LogP contribution in [0.15, 0.2) is 79.4 Å². The van der Waals surface area contributed by atoms with Crippen LogP contribution in [-0.4, -0.2) is 95.9 Å². The summed E-state index contributed by atoms with van der Waals surface area (Å²) in [6, 6.07) is 18.3. The van der Waals surface area contributed by atoms with Crippen molar-refractivity contribution in [3.63, 3.8) is 0 Å². The van der Waals surface area contributed by atoms with Crippen LogP contribution in [0.25, 0.3) is 0 Å². The number of methoxy groups -OCH3 is 3. The zero-order valence-electron chi connectivity index (χ0n) is 26.2. The number of amides is 4. The third kappa shape index (κ3) is 6.57. The summed E-state index contributed by atoms with van der Waals surface area (Å²) in [5.74, 6) is 0.812. The first kappa shape index (κ1) is 32.2. The number of urea groups is 1. The Labute approximate surface area is 268 Å². The molecule has 0 spiro atoms. The Morgan fingerprint density at radius 3 is 2.33 bits per heavy atom. The Kier molecular flexibility index (Phi) is 9.97. The zero-order chi connectivity index (χ0) is 32.8. The highest BCUT2D eigenvalue weighted by molar-refractivity contribution is 5.91. The lowest BCUT2D eigenvalue weighted by Gasteiger charge is -2.55. The summed E-state index contributed by atoms with van der Waals surface area (Å²) in [7, 11) is 4.55. The normalized spacial score (nSPS) is 18.2. The molecule has 46 heavy (non-hydrogen) atoms. The monoisotopic (exact) mass is 629 g/mol. The first-order chi connectivity index (χ1) is 22.3. The van der Waals surface area contributed by atoms with Gasteiger partial charge < -0.3 is 34.4 Å². The van der Waals surface area contributed by atoms with E-state index in [4.69, 9.17) is 14.2 Å². The lowest BCUT2D eigenvalue weighted by molar-refractivity contribution is -0.189. The van der Waals surface area contributed by atoms with Gasteiger partial charge in [0.2, 0.25) is 17.6 Å².